The van der Waals surface area contributed by atoms with Crippen LogP contribution >= 0.6 is 0 Å². The molecule has 0 aliphatic heterocycles. The summed E-state index contributed by atoms with van der Waals surface area (Å²) in [5, 5.41) is 5.32. The molecule has 17 heavy (non-hydrogen) atoms. The van der Waals surface area contributed by atoms with E-state index in [0.29, 0.717) is 17.9 Å². The van der Waals surface area contributed by atoms with Crippen LogP contribution in [-0.4, -0.2) is 25.8 Å². The van der Waals surface area contributed by atoms with Crippen molar-refractivity contribution in [2.75, 3.05) is 19.0 Å². The standard InChI is InChI=1S/C12H17FN2O2/c1-8-6-10(4-5-11(8)13)15-12(16)14-9(2)7-17-3/h4-6,9H,7H2,1-3H3,(H2,14,15,16). The first-order valence-electron chi connectivity index (χ1n) is 5.35. The molecule has 0 saturated heterocycles. The second kappa shape index (κ2) is 6.20. The van der Waals surface area contributed by atoms with Gasteiger partial charge in [0.25, 0.3) is 0 Å². The molecule has 1 aromatic rings. The molecule has 0 aliphatic rings. The third kappa shape index (κ3) is 4.40. The summed E-state index contributed by atoms with van der Waals surface area (Å²) in [6.45, 7) is 3.92. The van der Waals surface area contributed by atoms with E-state index in [0.717, 1.165) is 0 Å². The van der Waals surface area contributed by atoms with Crippen molar-refractivity contribution in [2.24, 2.45) is 0 Å². The monoisotopic (exact) mass is 240 g/mol. The highest BCUT2D eigenvalue weighted by Gasteiger charge is 2.07. The molecular weight excluding hydrogens is 223 g/mol. The lowest BCUT2D eigenvalue weighted by Crippen LogP contribution is -2.38. The average Bonchev–Trinajstić information content (AvgIpc) is 2.23. The molecule has 4 nitrogen and oxygen atoms in total. The van der Waals surface area contributed by atoms with E-state index in [9.17, 15) is 9.18 Å². The van der Waals surface area contributed by atoms with E-state index in [1.54, 1.807) is 20.1 Å². The molecule has 0 fully saturated rings. The quantitative estimate of drug-likeness (QED) is 0.848. The maximum atomic E-state index is 13.0. The van der Waals surface area contributed by atoms with E-state index < -0.39 is 0 Å². The Kier molecular flexibility index (Phi) is 4.90. The van der Waals surface area contributed by atoms with Crippen LogP contribution in [0.3, 0.4) is 0 Å². The minimum atomic E-state index is -0.333. The topological polar surface area (TPSA) is 50.4 Å². The molecule has 0 bridgehead atoms. The Morgan fingerprint density at radius 3 is 2.82 bits per heavy atom. The number of hydrogen-bond donors (Lipinski definition) is 2. The Hall–Kier alpha value is -1.62. The summed E-state index contributed by atoms with van der Waals surface area (Å²) in [6, 6.07) is 4.00. The summed E-state index contributed by atoms with van der Waals surface area (Å²) < 4.78 is 17.9. The number of benzene rings is 1. The van der Waals surface area contributed by atoms with Gasteiger partial charge in [0.05, 0.1) is 12.6 Å². The van der Waals surface area contributed by atoms with Crippen molar-refractivity contribution in [2.45, 2.75) is 19.9 Å². The number of methoxy groups -OCH3 is 1. The van der Waals surface area contributed by atoms with Gasteiger partial charge >= 0.3 is 6.03 Å². The molecular formula is C12H17FN2O2. The Labute approximate surface area is 100 Å². The Morgan fingerprint density at radius 1 is 1.53 bits per heavy atom. The fourth-order valence-corrected chi connectivity index (χ4v) is 1.41. The lowest BCUT2D eigenvalue weighted by molar-refractivity contribution is 0.173. The molecule has 0 saturated carbocycles. The molecule has 0 heterocycles. The number of urea groups is 1. The van der Waals surface area contributed by atoms with Crippen LogP contribution in [0.25, 0.3) is 0 Å². The van der Waals surface area contributed by atoms with Gasteiger partial charge in [0.2, 0.25) is 0 Å². The van der Waals surface area contributed by atoms with E-state index in [2.05, 4.69) is 10.6 Å². The molecule has 2 N–H and O–H groups in total. The number of nitrogens with one attached hydrogen (secondary N) is 2. The van der Waals surface area contributed by atoms with Gasteiger partial charge in [-0.05, 0) is 37.6 Å². The predicted molar refractivity (Wildman–Crippen MR) is 64.6 cm³/mol. The summed E-state index contributed by atoms with van der Waals surface area (Å²) in [5.74, 6) is -0.288. The molecule has 0 radical (unpaired) electrons. The number of anilines is 1. The van der Waals surface area contributed by atoms with Crippen LogP contribution < -0.4 is 10.6 Å². The third-order valence-corrected chi connectivity index (χ3v) is 2.21. The number of carbonyl (C=O) groups is 1. The Morgan fingerprint density at radius 2 is 2.24 bits per heavy atom. The first kappa shape index (κ1) is 13.4. The van der Waals surface area contributed by atoms with Crippen molar-refractivity contribution in [3.05, 3.63) is 29.6 Å². The van der Waals surface area contributed by atoms with Crippen molar-refractivity contribution >= 4 is 11.7 Å². The second-order valence-corrected chi connectivity index (χ2v) is 3.92. The maximum Gasteiger partial charge on any atom is 0.319 e. The molecule has 94 valence electrons. The summed E-state index contributed by atoms with van der Waals surface area (Å²) >= 11 is 0. The fourth-order valence-electron chi connectivity index (χ4n) is 1.41. The van der Waals surface area contributed by atoms with Crippen molar-refractivity contribution < 1.29 is 13.9 Å². The van der Waals surface area contributed by atoms with Gasteiger partial charge in [0.15, 0.2) is 0 Å². The van der Waals surface area contributed by atoms with E-state index in [1.807, 2.05) is 6.92 Å². The molecule has 1 aromatic carbocycles. The zero-order valence-electron chi connectivity index (χ0n) is 10.2. The summed E-state index contributed by atoms with van der Waals surface area (Å²) in [6.07, 6.45) is 0. The van der Waals surface area contributed by atoms with Gasteiger partial charge < -0.3 is 15.4 Å². The minimum absolute atomic E-state index is 0.0819. The van der Waals surface area contributed by atoms with Crippen molar-refractivity contribution in [3.63, 3.8) is 0 Å². The van der Waals surface area contributed by atoms with Crippen LogP contribution in [0, 0.1) is 12.7 Å². The van der Waals surface area contributed by atoms with Crippen molar-refractivity contribution in [1.82, 2.24) is 5.32 Å². The Bertz CT molecular complexity index is 396. The lowest BCUT2D eigenvalue weighted by Gasteiger charge is -2.13. The van der Waals surface area contributed by atoms with Gasteiger partial charge in [0, 0.05) is 12.8 Å². The summed E-state index contributed by atoms with van der Waals surface area (Å²) in [4.78, 5) is 11.5. The molecule has 0 aromatic heterocycles. The molecule has 2 amide bonds. The van der Waals surface area contributed by atoms with Gasteiger partial charge in [-0.25, -0.2) is 9.18 Å². The van der Waals surface area contributed by atoms with Gasteiger partial charge in [-0.15, -0.1) is 0 Å². The van der Waals surface area contributed by atoms with Crippen LogP contribution in [0.1, 0.15) is 12.5 Å². The highest BCUT2D eigenvalue weighted by molar-refractivity contribution is 5.89. The number of rotatable bonds is 4. The number of amides is 2. The molecule has 1 unspecified atom stereocenters. The molecule has 1 atom stereocenters. The van der Waals surface area contributed by atoms with Gasteiger partial charge in [-0.1, -0.05) is 0 Å². The molecule has 5 heteroatoms. The number of ether oxygens (including phenoxy) is 1. The third-order valence-electron chi connectivity index (χ3n) is 2.21. The van der Waals surface area contributed by atoms with E-state index in [-0.39, 0.29) is 17.9 Å². The SMILES string of the molecule is COCC(C)NC(=O)Nc1ccc(F)c(C)c1. The van der Waals surface area contributed by atoms with Gasteiger partial charge in [0.1, 0.15) is 5.82 Å². The fraction of sp³-hybridized carbons (Fsp3) is 0.417. The van der Waals surface area contributed by atoms with Gasteiger partial charge in [-0.2, -0.15) is 0 Å². The number of aryl methyl sites for hydroxylation is 1. The molecule has 0 aliphatic carbocycles. The Balaban J connectivity index is 2.53. The van der Waals surface area contributed by atoms with Gasteiger partial charge in [-0.3, -0.25) is 0 Å². The highest BCUT2D eigenvalue weighted by Crippen LogP contribution is 2.13. The molecule has 0 spiro atoms. The number of carbonyl (C=O) groups excluding carboxylic acids is 1. The first-order valence-corrected chi connectivity index (χ1v) is 5.35. The minimum Gasteiger partial charge on any atom is -0.383 e. The van der Waals surface area contributed by atoms with Crippen molar-refractivity contribution in [1.29, 1.82) is 0 Å². The van der Waals surface area contributed by atoms with Crippen LogP contribution in [0.2, 0.25) is 0 Å². The smallest absolute Gasteiger partial charge is 0.319 e. The van der Waals surface area contributed by atoms with Crippen LogP contribution in [0.4, 0.5) is 14.9 Å². The zero-order valence-corrected chi connectivity index (χ0v) is 10.2. The maximum absolute atomic E-state index is 13.0. The zero-order chi connectivity index (χ0) is 12.8. The molecule has 1 rings (SSSR count). The second-order valence-electron chi connectivity index (χ2n) is 3.92. The van der Waals surface area contributed by atoms with Crippen LogP contribution in [0.5, 0.6) is 0 Å². The van der Waals surface area contributed by atoms with E-state index in [4.69, 9.17) is 4.74 Å². The van der Waals surface area contributed by atoms with E-state index in [1.165, 1.54) is 12.1 Å². The average molecular weight is 240 g/mol. The first-order chi connectivity index (χ1) is 8.02. The lowest BCUT2D eigenvalue weighted by atomic mass is 10.2. The van der Waals surface area contributed by atoms with E-state index >= 15 is 0 Å². The largest absolute Gasteiger partial charge is 0.383 e. The summed E-state index contributed by atoms with van der Waals surface area (Å²) in [7, 11) is 1.57. The van der Waals surface area contributed by atoms with Crippen LogP contribution in [-0.2, 0) is 4.74 Å². The van der Waals surface area contributed by atoms with Crippen molar-refractivity contribution in [3.8, 4) is 0 Å². The number of hydrogen-bond acceptors (Lipinski definition) is 2. The predicted octanol–water partition coefficient (Wildman–Crippen LogP) is 2.29. The highest BCUT2D eigenvalue weighted by atomic mass is 19.1. The van der Waals surface area contributed by atoms with Crippen LogP contribution in [0.15, 0.2) is 18.2 Å². The number of halogens is 1. The summed E-state index contributed by atoms with van der Waals surface area (Å²) in [5.41, 5.74) is 1.05. The normalized spacial score (nSPS) is 12.0.